The first-order valence-corrected chi connectivity index (χ1v) is 10.3. The molecule has 2 aromatic rings. The molecule has 0 aromatic heterocycles. The Morgan fingerprint density at radius 2 is 1.88 bits per heavy atom. The highest BCUT2D eigenvalue weighted by Crippen LogP contribution is 2.29. The van der Waals surface area contributed by atoms with Gasteiger partial charge in [-0.25, -0.2) is 0 Å². The highest BCUT2D eigenvalue weighted by Gasteiger charge is 2.10. The molecule has 4 nitrogen and oxygen atoms in total. The number of anilines is 1. The smallest absolute Gasteiger partial charge is 0.129 e. The van der Waals surface area contributed by atoms with Gasteiger partial charge in [-0.3, -0.25) is 0 Å². The summed E-state index contributed by atoms with van der Waals surface area (Å²) in [5.74, 6) is 0.256. The molecule has 3 N–H and O–H groups in total. The van der Waals surface area contributed by atoms with Crippen molar-refractivity contribution in [3.63, 3.8) is 0 Å². The minimum absolute atomic E-state index is 0.256. The molecule has 2 aromatic carbocycles. The molecule has 0 amide bonds. The molecule has 26 heavy (non-hydrogen) atoms. The van der Waals surface area contributed by atoms with Crippen molar-refractivity contribution < 1.29 is 10.2 Å². The van der Waals surface area contributed by atoms with Gasteiger partial charge in [-0.15, -0.1) is 11.8 Å². The van der Waals surface area contributed by atoms with Crippen molar-refractivity contribution in [3.8, 4) is 5.75 Å². The van der Waals surface area contributed by atoms with Crippen molar-refractivity contribution >= 4 is 29.1 Å². The molecule has 0 heterocycles. The van der Waals surface area contributed by atoms with Crippen molar-refractivity contribution in [3.05, 3.63) is 53.1 Å². The second-order valence-corrected chi connectivity index (χ2v) is 7.54. The number of thioether (sulfide) groups is 1. The molecular weight excluding hydrogens is 368 g/mol. The Morgan fingerprint density at radius 1 is 1.15 bits per heavy atom. The van der Waals surface area contributed by atoms with E-state index in [1.807, 2.05) is 36.6 Å². The average molecular weight is 395 g/mol. The number of nitrogens with one attached hydrogen (secondary N) is 1. The maximum atomic E-state index is 10.3. The number of unbranched alkanes of at least 4 members (excludes halogenated alkanes) is 1. The van der Waals surface area contributed by atoms with Gasteiger partial charge in [0.05, 0.1) is 6.10 Å². The normalized spacial score (nSPS) is 12.2. The molecule has 0 bridgehead atoms. The zero-order valence-electron chi connectivity index (χ0n) is 15.3. The third-order valence-electron chi connectivity index (χ3n) is 4.29. The first kappa shape index (κ1) is 20.9. The largest absolute Gasteiger partial charge is 0.507 e. The Bertz CT molecular complexity index is 682. The van der Waals surface area contributed by atoms with E-state index in [9.17, 15) is 10.2 Å². The van der Waals surface area contributed by atoms with Crippen LogP contribution in [0.1, 0.15) is 24.5 Å². The van der Waals surface area contributed by atoms with Crippen LogP contribution in [-0.4, -0.2) is 43.2 Å². The Labute approximate surface area is 165 Å². The molecule has 0 aliphatic carbocycles. The molecule has 1 unspecified atom stereocenters. The lowest BCUT2D eigenvalue weighted by Crippen LogP contribution is -2.24. The van der Waals surface area contributed by atoms with E-state index in [0.717, 1.165) is 47.1 Å². The van der Waals surface area contributed by atoms with Gasteiger partial charge >= 0.3 is 0 Å². The number of aromatic hydroxyl groups is 1. The lowest BCUT2D eigenvalue weighted by molar-refractivity contribution is 0.174. The number of aliphatic hydroxyl groups is 1. The summed E-state index contributed by atoms with van der Waals surface area (Å²) < 4.78 is 0. The van der Waals surface area contributed by atoms with Crippen molar-refractivity contribution in [2.75, 3.05) is 37.8 Å². The Kier molecular flexibility index (Phi) is 8.59. The highest BCUT2D eigenvalue weighted by molar-refractivity contribution is 7.98. The first-order chi connectivity index (χ1) is 12.5. The summed E-state index contributed by atoms with van der Waals surface area (Å²) in [6, 6.07) is 13.1. The predicted octanol–water partition coefficient (Wildman–Crippen LogP) is 4.31. The average Bonchev–Trinajstić information content (AvgIpc) is 2.65. The van der Waals surface area contributed by atoms with Crippen molar-refractivity contribution in [2.45, 2.75) is 23.8 Å². The van der Waals surface area contributed by atoms with Gasteiger partial charge in [-0.1, -0.05) is 17.7 Å². The monoisotopic (exact) mass is 394 g/mol. The second-order valence-electron chi connectivity index (χ2n) is 6.26. The Balaban J connectivity index is 1.65. The number of aliphatic hydroxyl groups excluding tert-OH is 1. The number of phenols is 1. The summed E-state index contributed by atoms with van der Waals surface area (Å²) in [6.07, 6.45) is 3.44. The van der Waals surface area contributed by atoms with E-state index in [4.69, 9.17) is 11.6 Å². The lowest BCUT2D eigenvalue weighted by Gasteiger charge is -2.19. The van der Waals surface area contributed by atoms with Gasteiger partial charge in [-0.2, -0.15) is 0 Å². The number of phenolic OH excluding ortho intramolecular Hbond substituents is 1. The molecule has 0 spiro atoms. The minimum Gasteiger partial charge on any atom is -0.507 e. The summed E-state index contributed by atoms with van der Waals surface area (Å²) in [6.45, 7) is 2.34. The van der Waals surface area contributed by atoms with Gasteiger partial charge in [0.15, 0.2) is 0 Å². The van der Waals surface area contributed by atoms with Crippen molar-refractivity contribution in [1.82, 2.24) is 5.32 Å². The van der Waals surface area contributed by atoms with E-state index in [2.05, 4.69) is 17.3 Å². The van der Waals surface area contributed by atoms with Gasteiger partial charge in [0.2, 0.25) is 0 Å². The number of halogens is 1. The zero-order valence-corrected chi connectivity index (χ0v) is 16.9. The van der Waals surface area contributed by atoms with Crippen LogP contribution in [0.5, 0.6) is 5.75 Å². The van der Waals surface area contributed by atoms with E-state index < -0.39 is 6.10 Å². The molecule has 142 valence electrons. The molecule has 2 rings (SSSR count). The summed E-state index contributed by atoms with van der Waals surface area (Å²) in [5.41, 5.74) is 1.98. The van der Waals surface area contributed by atoms with Crippen LogP contribution in [0, 0.1) is 0 Å². The fourth-order valence-corrected chi connectivity index (χ4v) is 3.34. The summed E-state index contributed by atoms with van der Waals surface area (Å²) in [5, 5.41) is 24.0. The third kappa shape index (κ3) is 6.40. The standard InChI is InChI=1S/C20H27ClN2O2S/c1-23(17-8-6-16(21)7-9-17)12-4-3-11-22-14-19(25)15-5-10-18(24)20(13-15)26-2/h5-10,13,19,22,24-25H,3-4,11-12,14H2,1-2H3. The Morgan fingerprint density at radius 3 is 2.58 bits per heavy atom. The van der Waals surface area contributed by atoms with E-state index in [-0.39, 0.29) is 5.75 Å². The van der Waals surface area contributed by atoms with Crippen LogP contribution in [0.3, 0.4) is 0 Å². The maximum Gasteiger partial charge on any atom is 0.129 e. The highest BCUT2D eigenvalue weighted by atomic mass is 35.5. The van der Waals surface area contributed by atoms with Crippen LogP contribution in [0.15, 0.2) is 47.4 Å². The van der Waals surface area contributed by atoms with Crippen LogP contribution in [-0.2, 0) is 0 Å². The van der Waals surface area contributed by atoms with Crippen molar-refractivity contribution in [2.24, 2.45) is 0 Å². The number of hydrogen-bond acceptors (Lipinski definition) is 5. The molecule has 0 fully saturated rings. The van der Waals surface area contributed by atoms with Crippen LogP contribution in [0.4, 0.5) is 5.69 Å². The molecule has 0 radical (unpaired) electrons. The van der Waals surface area contributed by atoms with Crippen LogP contribution in [0.2, 0.25) is 5.02 Å². The fourth-order valence-electron chi connectivity index (χ4n) is 2.68. The molecule has 6 heteroatoms. The second kappa shape index (κ2) is 10.7. The third-order valence-corrected chi connectivity index (χ3v) is 5.31. The molecule has 1 atom stereocenters. The number of benzene rings is 2. The van der Waals surface area contributed by atoms with E-state index in [1.54, 1.807) is 12.1 Å². The molecule has 0 saturated heterocycles. The molecular formula is C20H27ClN2O2S. The van der Waals surface area contributed by atoms with E-state index in [0.29, 0.717) is 6.54 Å². The van der Waals surface area contributed by atoms with E-state index in [1.165, 1.54) is 11.8 Å². The van der Waals surface area contributed by atoms with Gasteiger partial charge in [0.1, 0.15) is 5.75 Å². The zero-order chi connectivity index (χ0) is 18.9. The summed E-state index contributed by atoms with van der Waals surface area (Å²) in [7, 11) is 2.08. The van der Waals surface area contributed by atoms with Crippen LogP contribution >= 0.6 is 23.4 Å². The number of nitrogens with zero attached hydrogens (tertiary/aromatic N) is 1. The van der Waals surface area contributed by atoms with Gasteiger partial charge in [0.25, 0.3) is 0 Å². The van der Waals surface area contributed by atoms with Gasteiger partial charge in [-0.05, 0) is 67.6 Å². The van der Waals surface area contributed by atoms with Crippen LogP contribution < -0.4 is 10.2 Å². The first-order valence-electron chi connectivity index (χ1n) is 8.73. The van der Waals surface area contributed by atoms with Gasteiger partial charge < -0.3 is 20.4 Å². The minimum atomic E-state index is -0.571. The number of rotatable bonds is 10. The molecule has 0 saturated carbocycles. The quantitative estimate of drug-likeness (QED) is 0.414. The van der Waals surface area contributed by atoms with Crippen molar-refractivity contribution in [1.29, 1.82) is 0 Å². The SMILES string of the molecule is CSc1cc(C(O)CNCCCCN(C)c2ccc(Cl)cc2)ccc1O. The maximum absolute atomic E-state index is 10.3. The fraction of sp³-hybridized carbons (Fsp3) is 0.400. The van der Waals surface area contributed by atoms with E-state index >= 15 is 0 Å². The summed E-state index contributed by atoms with van der Waals surface area (Å²) in [4.78, 5) is 3.00. The lowest BCUT2D eigenvalue weighted by atomic mass is 10.1. The topological polar surface area (TPSA) is 55.7 Å². The Hall–Kier alpha value is -1.40. The summed E-state index contributed by atoms with van der Waals surface area (Å²) >= 11 is 7.38. The van der Waals surface area contributed by atoms with Gasteiger partial charge in [0, 0.05) is 35.7 Å². The molecule has 0 aliphatic rings. The number of hydrogen-bond donors (Lipinski definition) is 3. The van der Waals surface area contributed by atoms with Crippen LogP contribution in [0.25, 0.3) is 0 Å². The molecule has 0 aliphatic heterocycles. The predicted molar refractivity (Wildman–Crippen MR) is 112 cm³/mol.